The minimum atomic E-state index is -0.473. The molecular formula is C24H27N7O4. The highest BCUT2D eigenvalue weighted by molar-refractivity contribution is 6.06. The Morgan fingerprint density at radius 1 is 1.23 bits per heavy atom. The van der Waals surface area contributed by atoms with Gasteiger partial charge in [-0.1, -0.05) is 31.2 Å². The SMILES string of the molecule is CCc1ccccc1C(CNC(=O)c1c(C)oc2nc[nH]c(=O)c12)NC(=O)CCCc1cn[nH]n1. The lowest BCUT2D eigenvalue weighted by Gasteiger charge is -2.22. The summed E-state index contributed by atoms with van der Waals surface area (Å²) in [4.78, 5) is 44.6. The molecule has 2 amide bonds. The molecule has 11 nitrogen and oxygen atoms in total. The fourth-order valence-corrected chi connectivity index (χ4v) is 4.09. The maximum Gasteiger partial charge on any atom is 0.262 e. The number of aromatic amines is 2. The van der Waals surface area contributed by atoms with Gasteiger partial charge in [-0.2, -0.15) is 15.4 Å². The molecule has 0 aliphatic heterocycles. The third-order valence-electron chi connectivity index (χ3n) is 5.81. The molecule has 1 unspecified atom stereocenters. The molecule has 0 spiro atoms. The van der Waals surface area contributed by atoms with Gasteiger partial charge in [0.1, 0.15) is 11.1 Å². The average Bonchev–Trinajstić information content (AvgIpc) is 3.49. The monoisotopic (exact) mass is 477 g/mol. The van der Waals surface area contributed by atoms with Gasteiger partial charge in [0, 0.05) is 13.0 Å². The molecule has 35 heavy (non-hydrogen) atoms. The molecule has 0 saturated heterocycles. The lowest BCUT2D eigenvalue weighted by Crippen LogP contribution is -2.38. The van der Waals surface area contributed by atoms with Crippen LogP contribution in [0.4, 0.5) is 0 Å². The smallest absolute Gasteiger partial charge is 0.262 e. The number of H-pyrrole nitrogens is 2. The van der Waals surface area contributed by atoms with Crippen LogP contribution in [-0.4, -0.2) is 43.7 Å². The summed E-state index contributed by atoms with van der Waals surface area (Å²) in [7, 11) is 0. The number of carbonyl (C=O) groups excluding carboxylic acids is 2. The van der Waals surface area contributed by atoms with Crippen LogP contribution in [0.2, 0.25) is 0 Å². The van der Waals surface area contributed by atoms with Crippen LogP contribution < -0.4 is 16.2 Å². The number of fused-ring (bicyclic) bond motifs is 1. The van der Waals surface area contributed by atoms with E-state index in [1.54, 1.807) is 13.1 Å². The van der Waals surface area contributed by atoms with E-state index in [2.05, 4.69) is 36.0 Å². The molecular weight excluding hydrogens is 450 g/mol. The van der Waals surface area contributed by atoms with Crippen LogP contribution >= 0.6 is 0 Å². The number of nitrogens with zero attached hydrogens (tertiary/aromatic N) is 3. The van der Waals surface area contributed by atoms with Crippen molar-refractivity contribution in [2.24, 2.45) is 0 Å². The molecule has 182 valence electrons. The van der Waals surface area contributed by atoms with Crippen LogP contribution in [0.25, 0.3) is 11.1 Å². The molecule has 0 saturated carbocycles. The summed E-state index contributed by atoms with van der Waals surface area (Å²) in [6.07, 6.45) is 5.18. The zero-order chi connectivity index (χ0) is 24.8. The van der Waals surface area contributed by atoms with E-state index in [9.17, 15) is 14.4 Å². The number of aryl methyl sites for hydroxylation is 3. The number of amides is 2. The molecule has 0 fully saturated rings. The highest BCUT2D eigenvalue weighted by Gasteiger charge is 2.24. The minimum absolute atomic E-state index is 0.102. The normalized spacial score (nSPS) is 11.9. The summed E-state index contributed by atoms with van der Waals surface area (Å²) in [5.41, 5.74) is 2.57. The zero-order valence-electron chi connectivity index (χ0n) is 19.6. The first-order valence-corrected chi connectivity index (χ1v) is 11.4. The lowest BCUT2D eigenvalue weighted by atomic mass is 9.98. The molecule has 4 aromatic rings. The first-order valence-electron chi connectivity index (χ1n) is 11.4. The molecule has 0 bridgehead atoms. The van der Waals surface area contributed by atoms with E-state index in [0.717, 1.165) is 23.2 Å². The number of carbonyl (C=O) groups is 2. The van der Waals surface area contributed by atoms with Crippen molar-refractivity contribution in [2.45, 2.75) is 45.6 Å². The predicted octanol–water partition coefficient (Wildman–Crippen LogP) is 2.12. The number of aromatic nitrogens is 5. The quantitative estimate of drug-likeness (QED) is 0.272. The summed E-state index contributed by atoms with van der Waals surface area (Å²) in [5.74, 6) is -0.313. The molecule has 3 aromatic heterocycles. The van der Waals surface area contributed by atoms with Crippen LogP contribution in [0.15, 0.2) is 46.0 Å². The van der Waals surface area contributed by atoms with Crippen molar-refractivity contribution < 1.29 is 14.0 Å². The van der Waals surface area contributed by atoms with Gasteiger partial charge in [0.15, 0.2) is 0 Å². The van der Waals surface area contributed by atoms with E-state index in [1.807, 2.05) is 31.2 Å². The second-order valence-electron chi connectivity index (χ2n) is 8.14. The number of hydrogen-bond donors (Lipinski definition) is 4. The Morgan fingerprint density at radius 3 is 2.83 bits per heavy atom. The fourth-order valence-electron chi connectivity index (χ4n) is 4.09. The van der Waals surface area contributed by atoms with Crippen molar-refractivity contribution >= 4 is 22.9 Å². The topological polar surface area (TPSA) is 159 Å². The highest BCUT2D eigenvalue weighted by atomic mass is 16.3. The molecule has 1 aromatic carbocycles. The van der Waals surface area contributed by atoms with Gasteiger partial charge >= 0.3 is 0 Å². The van der Waals surface area contributed by atoms with Crippen molar-refractivity contribution in [3.8, 4) is 0 Å². The maximum atomic E-state index is 13.1. The van der Waals surface area contributed by atoms with Crippen LogP contribution in [0.5, 0.6) is 0 Å². The second-order valence-corrected chi connectivity index (χ2v) is 8.14. The predicted molar refractivity (Wildman–Crippen MR) is 128 cm³/mol. The van der Waals surface area contributed by atoms with Crippen molar-refractivity contribution in [1.82, 2.24) is 36.0 Å². The van der Waals surface area contributed by atoms with E-state index in [-0.39, 0.29) is 29.1 Å². The van der Waals surface area contributed by atoms with Crippen molar-refractivity contribution in [3.05, 3.63) is 75.3 Å². The number of benzene rings is 1. The number of rotatable bonds is 10. The Balaban J connectivity index is 1.50. The van der Waals surface area contributed by atoms with Crippen molar-refractivity contribution in [3.63, 3.8) is 0 Å². The number of hydrogen-bond acceptors (Lipinski definition) is 7. The standard InChI is InChI=1S/C24H27N7O4/c1-3-15-7-4-5-9-17(15)18(29-19(32)10-6-8-16-11-28-31-30-16)12-25-22(33)20-14(2)35-24-21(20)23(34)26-13-27-24/h4-5,7,9,11,13,18H,3,6,8,10,12H2,1-2H3,(H,25,33)(H,29,32)(H,26,27,34)(H,28,30,31). The molecule has 3 heterocycles. The Labute approximate surface area is 200 Å². The van der Waals surface area contributed by atoms with E-state index >= 15 is 0 Å². The minimum Gasteiger partial charge on any atom is -0.442 e. The summed E-state index contributed by atoms with van der Waals surface area (Å²) < 4.78 is 5.49. The maximum absolute atomic E-state index is 13.1. The molecule has 0 aliphatic rings. The lowest BCUT2D eigenvalue weighted by molar-refractivity contribution is -0.121. The molecule has 4 rings (SSSR count). The van der Waals surface area contributed by atoms with Crippen LogP contribution in [-0.2, 0) is 17.6 Å². The van der Waals surface area contributed by atoms with Gasteiger partial charge in [-0.05, 0) is 37.3 Å². The number of furan rings is 1. The summed E-state index contributed by atoms with van der Waals surface area (Å²) in [6.45, 7) is 3.78. The number of nitrogens with one attached hydrogen (secondary N) is 4. The Bertz CT molecular complexity index is 1370. The van der Waals surface area contributed by atoms with Crippen molar-refractivity contribution in [2.75, 3.05) is 6.54 Å². The second kappa shape index (κ2) is 10.8. The average molecular weight is 478 g/mol. The summed E-state index contributed by atoms with van der Waals surface area (Å²) in [6, 6.07) is 7.33. The van der Waals surface area contributed by atoms with Crippen LogP contribution in [0, 0.1) is 6.92 Å². The first-order chi connectivity index (χ1) is 17.0. The van der Waals surface area contributed by atoms with Crippen molar-refractivity contribution in [1.29, 1.82) is 0 Å². The van der Waals surface area contributed by atoms with Gasteiger partial charge in [-0.15, -0.1) is 0 Å². The van der Waals surface area contributed by atoms with Gasteiger partial charge in [0.2, 0.25) is 11.6 Å². The summed E-state index contributed by atoms with van der Waals surface area (Å²) >= 11 is 0. The molecule has 0 aliphatic carbocycles. The fraction of sp³-hybridized carbons (Fsp3) is 0.333. The van der Waals surface area contributed by atoms with Crippen LogP contribution in [0.3, 0.4) is 0 Å². The van der Waals surface area contributed by atoms with Crippen LogP contribution in [0.1, 0.15) is 58.7 Å². The molecule has 11 heteroatoms. The first kappa shape index (κ1) is 23.9. The Kier molecular flexibility index (Phi) is 7.34. The summed E-state index contributed by atoms with van der Waals surface area (Å²) in [5, 5.41) is 16.3. The van der Waals surface area contributed by atoms with E-state index in [0.29, 0.717) is 25.0 Å². The molecule has 0 radical (unpaired) electrons. The van der Waals surface area contributed by atoms with E-state index < -0.39 is 17.5 Å². The third kappa shape index (κ3) is 5.45. The van der Waals surface area contributed by atoms with Gasteiger partial charge < -0.3 is 20.0 Å². The molecule has 4 N–H and O–H groups in total. The zero-order valence-corrected chi connectivity index (χ0v) is 19.6. The van der Waals surface area contributed by atoms with Gasteiger partial charge in [0.25, 0.3) is 11.5 Å². The van der Waals surface area contributed by atoms with Gasteiger partial charge in [-0.25, -0.2) is 4.98 Å². The highest BCUT2D eigenvalue weighted by Crippen LogP contribution is 2.22. The van der Waals surface area contributed by atoms with E-state index in [1.165, 1.54) is 6.33 Å². The Morgan fingerprint density at radius 2 is 2.06 bits per heavy atom. The van der Waals surface area contributed by atoms with E-state index in [4.69, 9.17) is 4.42 Å². The third-order valence-corrected chi connectivity index (χ3v) is 5.81. The van der Waals surface area contributed by atoms with Gasteiger partial charge in [-0.3, -0.25) is 14.4 Å². The molecule has 1 atom stereocenters. The Hall–Kier alpha value is -4.28. The largest absolute Gasteiger partial charge is 0.442 e. The van der Waals surface area contributed by atoms with Gasteiger partial charge in [0.05, 0.1) is 29.8 Å².